The van der Waals surface area contributed by atoms with E-state index in [2.05, 4.69) is 15.3 Å². The summed E-state index contributed by atoms with van der Waals surface area (Å²) in [4.78, 5) is 32.2. The van der Waals surface area contributed by atoms with E-state index in [-0.39, 0.29) is 18.2 Å². The fourth-order valence-corrected chi connectivity index (χ4v) is 4.44. The standard InChI is InChI=1S/C19H18FN3O5S2/c1-8(2)28-19(27)21-6-15-22-9(3)16(30-15)13-7-29-17(23-13)10-5-14(24)11(18(25)26)4-12(10)20/h4-5,7-8,24H,6H2,1-3H3,(H,21,27)(H,25,26). The number of aryl methyl sites for hydroxylation is 1. The summed E-state index contributed by atoms with van der Waals surface area (Å²) < 4.78 is 19.4. The molecular weight excluding hydrogens is 433 g/mol. The fraction of sp³-hybridized carbons (Fsp3) is 0.263. The molecule has 158 valence electrons. The van der Waals surface area contributed by atoms with Crippen LogP contribution < -0.4 is 5.32 Å². The van der Waals surface area contributed by atoms with Crippen LogP contribution in [0.2, 0.25) is 0 Å². The lowest BCUT2D eigenvalue weighted by Gasteiger charge is -2.07. The molecular formula is C19H18FN3O5S2. The van der Waals surface area contributed by atoms with Crippen molar-refractivity contribution in [3.05, 3.63) is 39.6 Å². The molecule has 30 heavy (non-hydrogen) atoms. The number of rotatable bonds is 6. The lowest BCUT2D eigenvalue weighted by Crippen LogP contribution is -2.26. The number of nitrogens with zero attached hydrogens (tertiary/aromatic N) is 2. The molecule has 0 saturated heterocycles. The van der Waals surface area contributed by atoms with Crippen LogP contribution in [0.5, 0.6) is 5.75 Å². The second-order valence-corrected chi connectivity index (χ2v) is 8.46. The van der Waals surface area contributed by atoms with Crippen LogP contribution in [0.3, 0.4) is 0 Å². The number of carboxylic acids is 1. The van der Waals surface area contributed by atoms with Gasteiger partial charge in [-0.2, -0.15) is 0 Å². The molecule has 0 spiro atoms. The highest BCUT2D eigenvalue weighted by Gasteiger charge is 2.19. The minimum absolute atomic E-state index is 0.00855. The third-order valence-electron chi connectivity index (χ3n) is 3.85. The molecule has 0 aliphatic heterocycles. The minimum Gasteiger partial charge on any atom is -0.507 e. The van der Waals surface area contributed by atoms with Crippen LogP contribution in [0.25, 0.3) is 21.1 Å². The largest absolute Gasteiger partial charge is 0.507 e. The molecule has 0 unspecified atom stereocenters. The summed E-state index contributed by atoms with van der Waals surface area (Å²) in [5.41, 5.74) is 0.770. The number of hydrogen-bond acceptors (Lipinski definition) is 8. The number of alkyl carbamates (subject to hydrolysis) is 1. The van der Waals surface area contributed by atoms with Gasteiger partial charge >= 0.3 is 12.1 Å². The Labute approximate surface area is 179 Å². The Morgan fingerprint density at radius 1 is 1.30 bits per heavy atom. The first kappa shape index (κ1) is 21.7. The summed E-state index contributed by atoms with van der Waals surface area (Å²) in [6, 6.07) is 1.82. The fourth-order valence-electron chi connectivity index (χ4n) is 2.57. The number of hydrogen-bond donors (Lipinski definition) is 3. The van der Waals surface area contributed by atoms with E-state index in [1.807, 2.05) is 0 Å². The first-order valence-electron chi connectivity index (χ1n) is 8.78. The molecule has 3 rings (SSSR count). The molecule has 0 saturated carbocycles. The summed E-state index contributed by atoms with van der Waals surface area (Å²) in [6.07, 6.45) is -0.758. The molecule has 1 aromatic carbocycles. The van der Waals surface area contributed by atoms with Crippen molar-refractivity contribution in [1.82, 2.24) is 15.3 Å². The predicted octanol–water partition coefficient (Wildman–Crippen LogP) is 4.42. The Morgan fingerprint density at radius 3 is 2.70 bits per heavy atom. The molecule has 0 bridgehead atoms. The minimum atomic E-state index is -1.42. The van der Waals surface area contributed by atoms with E-state index in [4.69, 9.17) is 9.84 Å². The van der Waals surface area contributed by atoms with E-state index in [1.54, 1.807) is 26.2 Å². The highest BCUT2D eigenvalue weighted by atomic mass is 32.1. The Morgan fingerprint density at radius 2 is 2.03 bits per heavy atom. The average molecular weight is 452 g/mol. The van der Waals surface area contributed by atoms with E-state index in [0.717, 1.165) is 28.3 Å². The maximum absolute atomic E-state index is 14.4. The van der Waals surface area contributed by atoms with Gasteiger partial charge in [0.2, 0.25) is 0 Å². The second-order valence-electron chi connectivity index (χ2n) is 6.52. The van der Waals surface area contributed by atoms with E-state index in [1.165, 1.54) is 11.3 Å². The normalized spacial score (nSPS) is 11.0. The van der Waals surface area contributed by atoms with E-state index < -0.39 is 29.2 Å². The van der Waals surface area contributed by atoms with Crippen LogP contribution in [0, 0.1) is 12.7 Å². The van der Waals surface area contributed by atoms with Gasteiger partial charge in [-0.1, -0.05) is 0 Å². The van der Waals surface area contributed by atoms with Crippen LogP contribution in [0.15, 0.2) is 17.5 Å². The summed E-state index contributed by atoms with van der Waals surface area (Å²) in [5, 5.41) is 24.1. The van der Waals surface area contributed by atoms with Gasteiger partial charge in [0, 0.05) is 10.9 Å². The second kappa shape index (κ2) is 8.76. The number of ether oxygens (including phenoxy) is 1. The maximum atomic E-state index is 14.4. The molecule has 2 aromatic heterocycles. The molecule has 3 N–H and O–H groups in total. The smallest absolute Gasteiger partial charge is 0.407 e. The Bertz CT molecular complexity index is 1110. The van der Waals surface area contributed by atoms with Gasteiger partial charge < -0.3 is 20.3 Å². The molecule has 0 radical (unpaired) electrons. The number of aromatic hydroxyl groups is 1. The van der Waals surface area contributed by atoms with Crippen LogP contribution >= 0.6 is 22.7 Å². The van der Waals surface area contributed by atoms with Gasteiger partial charge in [-0.15, -0.1) is 22.7 Å². The van der Waals surface area contributed by atoms with Gasteiger partial charge in [0.05, 0.1) is 28.9 Å². The lowest BCUT2D eigenvalue weighted by atomic mass is 10.1. The van der Waals surface area contributed by atoms with Gasteiger partial charge in [0.15, 0.2) is 0 Å². The van der Waals surface area contributed by atoms with Crippen molar-refractivity contribution in [3.8, 4) is 26.9 Å². The molecule has 11 heteroatoms. The molecule has 3 aromatic rings. The zero-order chi connectivity index (χ0) is 22.0. The number of carboxylic acid groups (broad SMARTS) is 1. The van der Waals surface area contributed by atoms with Crippen LogP contribution in [-0.2, 0) is 11.3 Å². The number of carbonyl (C=O) groups excluding carboxylic acids is 1. The Balaban J connectivity index is 1.82. The van der Waals surface area contributed by atoms with E-state index in [9.17, 15) is 19.1 Å². The summed E-state index contributed by atoms with van der Waals surface area (Å²) >= 11 is 2.49. The highest BCUT2D eigenvalue weighted by Crippen LogP contribution is 2.36. The van der Waals surface area contributed by atoms with E-state index >= 15 is 0 Å². The van der Waals surface area contributed by atoms with Crippen LogP contribution in [0.1, 0.15) is 34.9 Å². The molecule has 0 aliphatic carbocycles. The van der Waals surface area contributed by atoms with Gasteiger partial charge in [-0.3, -0.25) is 0 Å². The van der Waals surface area contributed by atoms with Crippen molar-refractivity contribution in [3.63, 3.8) is 0 Å². The molecule has 2 heterocycles. The number of thiazole rings is 2. The predicted molar refractivity (Wildman–Crippen MR) is 110 cm³/mol. The third kappa shape index (κ3) is 4.74. The van der Waals surface area contributed by atoms with Crippen LogP contribution in [0.4, 0.5) is 9.18 Å². The molecule has 8 nitrogen and oxygen atoms in total. The number of benzene rings is 1. The van der Waals surface area contributed by atoms with Crippen LogP contribution in [-0.4, -0.2) is 38.3 Å². The quantitative estimate of drug-likeness (QED) is 0.507. The zero-order valence-corrected chi connectivity index (χ0v) is 17.9. The highest BCUT2D eigenvalue weighted by molar-refractivity contribution is 7.16. The topological polar surface area (TPSA) is 122 Å². The SMILES string of the molecule is Cc1nc(CNC(=O)OC(C)C)sc1-c1csc(-c2cc(O)c(C(=O)O)cc2F)n1. The van der Waals surface area contributed by atoms with Crippen molar-refractivity contribution in [1.29, 1.82) is 0 Å². The maximum Gasteiger partial charge on any atom is 0.407 e. The lowest BCUT2D eigenvalue weighted by molar-refractivity contribution is 0.0693. The van der Waals surface area contributed by atoms with Crippen molar-refractivity contribution < 1.29 is 28.9 Å². The van der Waals surface area contributed by atoms with Gasteiger partial charge in [-0.25, -0.2) is 23.9 Å². The number of aromatic nitrogens is 2. The Kier molecular flexibility index (Phi) is 6.32. The summed E-state index contributed by atoms with van der Waals surface area (Å²) in [5.74, 6) is -2.75. The zero-order valence-electron chi connectivity index (χ0n) is 16.2. The molecule has 0 aliphatic rings. The third-order valence-corrected chi connectivity index (χ3v) is 5.91. The first-order chi connectivity index (χ1) is 14.2. The molecule has 0 fully saturated rings. The first-order valence-corrected chi connectivity index (χ1v) is 10.5. The summed E-state index contributed by atoms with van der Waals surface area (Å²) in [7, 11) is 0. The van der Waals surface area contributed by atoms with Crippen molar-refractivity contribution in [2.24, 2.45) is 0 Å². The average Bonchev–Trinajstić information content (AvgIpc) is 3.27. The number of carbonyl (C=O) groups is 2. The molecule has 0 atom stereocenters. The van der Waals surface area contributed by atoms with Crippen molar-refractivity contribution in [2.45, 2.75) is 33.4 Å². The van der Waals surface area contributed by atoms with Crippen molar-refractivity contribution >= 4 is 34.7 Å². The van der Waals surface area contributed by atoms with E-state index in [0.29, 0.717) is 21.4 Å². The number of aromatic carboxylic acids is 1. The summed E-state index contributed by atoms with van der Waals surface area (Å²) in [6.45, 7) is 5.51. The van der Waals surface area contributed by atoms with Gasteiger partial charge in [0.25, 0.3) is 0 Å². The molecule has 1 amide bonds. The number of halogens is 1. The monoisotopic (exact) mass is 451 g/mol. The Hall–Kier alpha value is -3.05. The van der Waals surface area contributed by atoms with Crippen molar-refractivity contribution in [2.75, 3.05) is 0 Å². The number of nitrogens with one attached hydrogen (secondary N) is 1. The number of amides is 1. The van der Waals surface area contributed by atoms with Gasteiger partial charge in [0.1, 0.15) is 27.1 Å². The number of phenols is 1. The van der Waals surface area contributed by atoms with Gasteiger partial charge in [-0.05, 0) is 32.9 Å².